The first-order valence-corrected chi connectivity index (χ1v) is 6.01. The van der Waals surface area contributed by atoms with Crippen LogP contribution in [0.5, 0.6) is 0 Å². The molecule has 6 nitrogen and oxygen atoms in total. The van der Waals surface area contributed by atoms with Crippen molar-refractivity contribution < 1.29 is 4.79 Å². The summed E-state index contributed by atoms with van der Waals surface area (Å²) in [6.07, 6.45) is 2.58. The molecule has 0 aromatic carbocycles. The molecule has 17 heavy (non-hydrogen) atoms. The predicted octanol–water partition coefficient (Wildman–Crippen LogP) is 0.497. The minimum atomic E-state index is -0.0647. The van der Waals surface area contributed by atoms with Gasteiger partial charge < -0.3 is 10.6 Å². The third kappa shape index (κ3) is 3.52. The Bertz CT molecular complexity index is 360. The number of nitrogens with zero attached hydrogens (tertiary/aromatic N) is 4. The van der Waals surface area contributed by atoms with Gasteiger partial charge in [0.2, 0.25) is 0 Å². The molecule has 6 heteroatoms. The van der Waals surface area contributed by atoms with Crippen LogP contribution in [0.1, 0.15) is 37.7 Å². The molecule has 1 heterocycles. The van der Waals surface area contributed by atoms with Gasteiger partial charge in [-0.15, -0.1) is 5.10 Å². The Morgan fingerprint density at radius 2 is 2.29 bits per heavy atom. The monoisotopic (exact) mass is 239 g/mol. The van der Waals surface area contributed by atoms with Crippen LogP contribution < -0.4 is 5.73 Å². The van der Waals surface area contributed by atoms with Gasteiger partial charge in [0.1, 0.15) is 0 Å². The van der Waals surface area contributed by atoms with Gasteiger partial charge >= 0.3 is 0 Å². The van der Waals surface area contributed by atoms with Crippen LogP contribution >= 0.6 is 0 Å². The first-order chi connectivity index (χ1) is 8.10. The molecule has 0 unspecified atom stereocenters. The lowest BCUT2D eigenvalue weighted by Crippen LogP contribution is -2.37. The molecule has 0 radical (unpaired) electrons. The van der Waals surface area contributed by atoms with Crippen molar-refractivity contribution >= 4 is 5.91 Å². The van der Waals surface area contributed by atoms with Crippen molar-refractivity contribution in [1.82, 2.24) is 19.9 Å². The quantitative estimate of drug-likeness (QED) is 0.784. The topological polar surface area (TPSA) is 77.0 Å². The Morgan fingerprint density at radius 1 is 1.59 bits per heavy atom. The van der Waals surface area contributed by atoms with E-state index in [9.17, 15) is 4.79 Å². The minimum Gasteiger partial charge on any atom is -0.335 e. The van der Waals surface area contributed by atoms with E-state index in [1.807, 2.05) is 20.8 Å². The van der Waals surface area contributed by atoms with E-state index in [1.165, 1.54) is 0 Å². The number of hydrogen-bond acceptors (Lipinski definition) is 4. The fraction of sp³-hybridized carbons (Fsp3) is 0.727. The molecule has 0 atom stereocenters. The van der Waals surface area contributed by atoms with Crippen molar-refractivity contribution in [2.45, 2.75) is 39.8 Å². The first kappa shape index (κ1) is 13.6. The van der Waals surface area contributed by atoms with E-state index in [0.717, 1.165) is 13.0 Å². The second-order valence-electron chi connectivity index (χ2n) is 4.25. The molecule has 0 aliphatic heterocycles. The molecule has 1 rings (SSSR count). The summed E-state index contributed by atoms with van der Waals surface area (Å²) in [5.41, 5.74) is 5.81. The standard InChI is InChI=1S/C11H21N5O/c1-4-6-16(9(2)3)11(17)10-8-15(7-5-12)14-13-10/h8-9H,4-7,12H2,1-3H3. The van der Waals surface area contributed by atoms with E-state index in [0.29, 0.717) is 18.8 Å². The molecular formula is C11H21N5O. The molecular weight excluding hydrogens is 218 g/mol. The average molecular weight is 239 g/mol. The van der Waals surface area contributed by atoms with Crippen LogP contribution in [0.2, 0.25) is 0 Å². The highest BCUT2D eigenvalue weighted by Crippen LogP contribution is 2.06. The van der Waals surface area contributed by atoms with Gasteiger partial charge in [-0.2, -0.15) is 0 Å². The number of nitrogens with two attached hydrogens (primary N) is 1. The van der Waals surface area contributed by atoms with Crippen molar-refractivity contribution in [3.8, 4) is 0 Å². The molecule has 0 saturated heterocycles. The average Bonchev–Trinajstić information content (AvgIpc) is 2.73. The second kappa shape index (κ2) is 6.34. The summed E-state index contributed by atoms with van der Waals surface area (Å²) in [6, 6.07) is 0.169. The zero-order valence-corrected chi connectivity index (χ0v) is 10.8. The van der Waals surface area contributed by atoms with Gasteiger partial charge in [0.25, 0.3) is 5.91 Å². The Morgan fingerprint density at radius 3 is 2.82 bits per heavy atom. The van der Waals surface area contributed by atoms with Gasteiger partial charge in [-0.05, 0) is 20.3 Å². The molecule has 0 aliphatic carbocycles. The van der Waals surface area contributed by atoms with E-state index in [-0.39, 0.29) is 11.9 Å². The largest absolute Gasteiger partial charge is 0.335 e. The first-order valence-electron chi connectivity index (χ1n) is 6.01. The van der Waals surface area contributed by atoms with E-state index in [4.69, 9.17) is 5.73 Å². The highest BCUT2D eigenvalue weighted by molar-refractivity contribution is 5.92. The summed E-state index contributed by atoms with van der Waals surface area (Å²) in [5.74, 6) is -0.0647. The molecule has 0 aliphatic rings. The molecule has 1 aromatic heterocycles. The van der Waals surface area contributed by atoms with Gasteiger partial charge in [0.05, 0.1) is 12.7 Å². The molecule has 0 saturated carbocycles. The molecule has 0 bridgehead atoms. The van der Waals surface area contributed by atoms with E-state index >= 15 is 0 Å². The number of amides is 1. The lowest BCUT2D eigenvalue weighted by atomic mass is 10.2. The highest BCUT2D eigenvalue weighted by Gasteiger charge is 2.20. The van der Waals surface area contributed by atoms with Crippen molar-refractivity contribution in [3.05, 3.63) is 11.9 Å². The zero-order chi connectivity index (χ0) is 12.8. The predicted molar refractivity (Wildman–Crippen MR) is 65.5 cm³/mol. The zero-order valence-electron chi connectivity index (χ0n) is 10.8. The van der Waals surface area contributed by atoms with Crippen molar-refractivity contribution in [2.24, 2.45) is 5.73 Å². The maximum atomic E-state index is 12.2. The van der Waals surface area contributed by atoms with Crippen LogP contribution in [0.25, 0.3) is 0 Å². The van der Waals surface area contributed by atoms with Gasteiger partial charge in [0, 0.05) is 19.1 Å². The maximum absolute atomic E-state index is 12.2. The van der Waals surface area contributed by atoms with Crippen molar-refractivity contribution in [1.29, 1.82) is 0 Å². The SMILES string of the molecule is CCCN(C(=O)c1cn(CCN)nn1)C(C)C. The smallest absolute Gasteiger partial charge is 0.276 e. The number of hydrogen-bond donors (Lipinski definition) is 1. The Labute approximate surface area is 102 Å². The Hall–Kier alpha value is -1.43. The lowest BCUT2D eigenvalue weighted by molar-refractivity contribution is 0.0699. The van der Waals surface area contributed by atoms with Crippen molar-refractivity contribution in [2.75, 3.05) is 13.1 Å². The van der Waals surface area contributed by atoms with Crippen LogP contribution in [-0.2, 0) is 6.54 Å². The normalized spacial score (nSPS) is 10.9. The third-order valence-electron chi connectivity index (χ3n) is 2.46. The number of carbonyl (C=O) groups is 1. The fourth-order valence-electron chi connectivity index (χ4n) is 1.62. The van der Waals surface area contributed by atoms with Crippen LogP contribution in [0.4, 0.5) is 0 Å². The summed E-state index contributed by atoms with van der Waals surface area (Å²) in [4.78, 5) is 14.0. The number of carbonyl (C=O) groups excluding carboxylic acids is 1. The highest BCUT2D eigenvalue weighted by atomic mass is 16.2. The van der Waals surface area contributed by atoms with Gasteiger partial charge in [-0.1, -0.05) is 12.1 Å². The molecule has 1 amide bonds. The van der Waals surface area contributed by atoms with Crippen LogP contribution in [0.15, 0.2) is 6.20 Å². The van der Waals surface area contributed by atoms with Crippen LogP contribution in [0.3, 0.4) is 0 Å². The number of rotatable bonds is 6. The molecule has 0 spiro atoms. The second-order valence-corrected chi connectivity index (χ2v) is 4.25. The van der Waals surface area contributed by atoms with E-state index < -0.39 is 0 Å². The van der Waals surface area contributed by atoms with E-state index in [2.05, 4.69) is 10.3 Å². The summed E-state index contributed by atoms with van der Waals surface area (Å²) in [5, 5.41) is 7.75. The summed E-state index contributed by atoms with van der Waals surface area (Å²) in [7, 11) is 0. The molecule has 1 aromatic rings. The van der Waals surface area contributed by atoms with Crippen LogP contribution in [-0.4, -0.2) is 44.9 Å². The summed E-state index contributed by atoms with van der Waals surface area (Å²) in [6.45, 7) is 7.85. The fourth-order valence-corrected chi connectivity index (χ4v) is 1.62. The molecule has 0 fully saturated rings. The third-order valence-corrected chi connectivity index (χ3v) is 2.46. The lowest BCUT2D eigenvalue weighted by Gasteiger charge is -2.25. The van der Waals surface area contributed by atoms with Crippen molar-refractivity contribution in [3.63, 3.8) is 0 Å². The Balaban J connectivity index is 2.78. The molecule has 96 valence electrons. The van der Waals surface area contributed by atoms with Gasteiger partial charge in [-0.25, -0.2) is 0 Å². The van der Waals surface area contributed by atoms with Gasteiger partial charge in [0.15, 0.2) is 5.69 Å². The van der Waals surface area contributed by atoms with Gasteiger partial charge in [-0.3, -0.25) is 9.48 Å². The summed E-state index contributed by atoms with van der Waals surface area (Å²) >= 11 is 0. The number of aromatic nitrogens is 3. The van der Waals surface area contributed by atoms with Crippen LogP contribution in [0, 0.1) is 0 Å². The minimum absolute atomic E-state index is 0.0647. The summed E-state index contributed by atoms with van der Waals surface area (Å²) < 4.78 is 1.59. The Kier molecular flexibility index (Phi) is 5.09. The maximum Gasteiger partial charge on any atom is 0.276 e. The molecule has 2 N–H and O–H groups in total. The van der Waals surface area contributed by atoms with E-state index in [1.54, 1.807) is 15.8 Å².